The first-order chi connectivity index (χ1) is 10.4. The van der Waals surface area contributed by atoms with Crippen LogP contribution in [0.25, 0.3) is 11.0 Å². The van der Waals surface area contributed by atoms with E-state index in [1.54, 1.807) is 35.4 Å². The van der Waals surface area contributed by atoms with Gasteiger partial charge in [0, 0.05) is 33.0 Å². The van der Waals surface area contributed by atoms with Crippen LogP contribution < -0.4 is 16.7 Å². The van der Waals surface area contributed by atoms with Crippen LogP contribution in [0.5, 0.6) is 0 Å². The Morgan fingerprint density at radius 3 is 2.55 bits per heavy atom. The van der Waals surface area contributed by atoms with E-state index in [-0.39, 0.29) is 11.6 Å². The fraction of sp³-hybridized carbons (Fsp3) is 0.467. The maximum absolute atomic E-state index is 12.4. The molecule has 0 atom stereocenters. The average Bonchev–Trinajstić information content (AvgIpc) is 2.73. The van der Waals surface area contributed by atoms with E-state index in [2.05, 4.69) is 5.32 Å². The van der Waals surface area contributed by atoms with Crippen LogP contribution in [0.15, 0.2) is 23.0 Å². The molecular formula is C15H20N4O3. The molecule has 1 aromatic heterocycles. The summed E-state index contributed by atoms with van der Waals surface area (Å²) in [5.74, 6) is -0.212. The Kier molecular flexibility index (Phi) is 3.54. The fourth-order valence-electron chi connectivity index (χ4n) is 2.80. The molecule has 0 bridgehead atoms. The van der Waals surface area contributed by atoms with E-state index in [0.29, 0.717) is 31.7 Å². The van der Waals surface area contributed by atoms with Gasteiger partial charge in [-0.2, -0.15) is 0 Å². The van der Waals surface area contributed by atoms with Gasteiger partial charge in [-0.25, -0.2) is 4.79 Å². The van der Waals surface area contributed by atoms with Crippen molar-refractivity contribution in [3.63, 3.8) is 0 Å². The number of anilines is 1. The molecule has 1 aromatic carbocycles. The van der Waals surface area contributed by atoms with Crippen molar-refractivity contribution in [2.45, 2.75) is 18.4 Å². The fourth-order valence-corrected chi connectivity index (χ4v) is 2.80. The number of hydrogen-bond acceptors (Lipinski definition) is 4. The van der Waals surface area contributed by atoms with Gasteiger partial charge in [0.25, 0.3) is 0 Å². The molecule has 1 saturated heterocycles. The molecule has 22 heavy (non-hydrogen) atoms. The monoisotopic (exact) mass is 304 g/mol. The van der Waals surface area contributed by atoms with Crippen LogP contribution in [0.2, 0.25) is 0 Å². The number of rotatable bonds is 2. The molecule has 2 heterocycles. The normalized spacial score (nSPS) is 17.6. The lowest BCUT2D eigenvalue weighted by Gasteiger charge is -2.31. The lowest BCUT2D eigenvalue weighted by molar-refractivity contribution is -0.124. The SMILES string of the molecule is Cn1c(=O)n(C)c2cc(NC(=O)C3(N)CCOCC3)ccc21. The second-order valence-corrected chi connectivity index (χ2v) is 5.83. The minimum absolute atomic E-state index is 0.0989. The molecule has 2 aromatic rings. The van der Waals surface area contributed by atoms with Crippen LogP contribution in [0.3, 0.4) is 0 Å². The number of amides is 1. The van der Waals surface area contributed by atoms with E-state index in [9.17, 15) is 9.59 Å². The summed E-state index contributed by atoms with van der Waals surface area (Å²) in [6.07, 6.45) is 1.01. The number of nitrogens with one attached hydrogen (secondary N) is 1. The molecule has 1 aliphatic heterocycles. The molecule has 1 aliphatic rings. The Morgan fingerprint density at radius 2 is 1.86 bits per heavy atom. The number of nitrogens with zero attached hydrogens (tertiary/aromatic N) is 2. The van der Waals surface area contributed by atoms with Crippen molar-refractivity contribution in [2.24, 2.45) is 19.8 Å². The highest BCUT2D eigenvalue weighted by atomic mass is 16.5. The lowest BCUT2D eigenvalue weighted by Crippen LogP contribution is -2.54. The highest BCUT2D eigenvalue weighted by molar-refractivity contribution is 5.99. The van der Waals surface area contributed by atoms with E-state index in [4.69, 9.17) is 10.5 Å². The summed E-state index contributed by atoms with van der Waals surface area (Å²) in [6, 6.07) is 5.39. The lowest BCUT2D eigenvalue weighted by atomic mass is 9.90. The van der Waals surface area contributed by atoms with Crippen LogP contribution in [-0.4, -0.2) is 33.8 Å². The number of benzene rings is 1. The Morgan fingerprint density at radius 1 is 1.23 bits per heavy atom. The van der Waals surface area contributed by atoms with Gasteiger partial charge in [0.05, 0.1) is 11.0 Å². The minimum Gasteiger partial charge on any atom is -0.381 e. The third-order valence-electron chi connectivity index (χ3n) is 4.37. The quantitative estimate of drug-likeness (QED) is 0.836. The first kappa shape index (κ1) is 14.8. The van der Waals surface area contributed by atoms with E-state index in [1.165, 1.54) is 0 Å². The van der Waals surface area contributed by atoms with Crippen molar-refractivity contribution in [3.8, 4) is 0 Å². The topological polar surface area (TPSA) is 91.3 Å². The molecule has 7 heteroatoms. The van der Waals surface area contributed by atoms with Crippen molar-refractivity contribution in [2.75, 3.05) is 18.5 Å². The number of carbonyl (C=O) groups is 1. The third kappa shape index (κ3) is 2.32. The van der Waals surface area contributed by atoms with E-state index in [0.717, 1.165) is 11.0 Å². The molecule has 118 valence electrons. The van der Waals surface area contributed by atoms with Crippen molar-refractivity contribution < 1.29 is 9.53 Å². The highest BCUT2D eigenvalue weighted by Gasteiger charge is 2.35. The van der Waals surface area contributed by atoms with Gasteiger partial charge in [-0.1, -0.05) is 0 Å². The van der Waals surface area contributed by atoms with Crippen LogP contribution in [0.4, 0.5) is 5.69 Å². The zero-order valence-electron chi connectivity index (χ0n) is 12.8. The summed E-state index contributed by atoms with van der Waals surface area (Å²) in [6.45, 7) is 0.992. The molecule has 3 N–H and O–H groups in total. The van der Waals surface area contributed by atoms with Gasteiger partial charge in [-0.3, -0.25) is 13.9 Å². The molecule has 0 aliphatic carbocycles. The third-order valence-corrected chi connectivity index (χ3v) is 4.37. The van der Waals surface area contributed by atoms with E-state index >= 15 is 0 Å². The van der Waals surface area contributed by atoms with Crippen molar-refractivity contribution >= 4 is 22.6 Å². The van der Waals surface area contributed by atoms with Crippen molar-refractivity contribution in [3.05, 3.63) is 28.7 Å². The summed E-state index contributed by atoms with van der Waals surface area (Å²) in [5, 5.41) is 2.86. The van der Waals surface area contributed by atoms with Gasteiger partial charge in [0.15, 0.2) is 0 Å². The highest BCUT2D eigenvalue weighted by Crippen LogP contribution is 2.22. The molecule has 1 amide bonds. The van der Waals surface area contributed by atoms with Gasteiger partial charge in [-0.15, -0.1) is 0 Å². The molecule has 0 radical (unpaired) electrons. The van der Waals surface area contributed by atoms with Gasteiger partial charge < -0.3 is 15.8 Å². The zero-order chi connectivity index (χ0) is 15.9. The molecule has 0 saturated carbocycles. The summed E-state index contributed by atoms with van der Waals surface area (Å²) in [4.78, 5) is 24.3. The minimum atomic E-state index is -0.893. The summed E-state index contributed by atoms with van der Waals surface area (Å²) in [7, 11) is 3.43. The van der Waals surface area contributed by atoms with Crippen LogP contribution >= 0.6 is 0 Å². The molecule has 7 nitrogen and oxygen atoms in total. The van der Waals surface area contributed by atoms with Crippen LogP contribution in [0.1, 0.15) is 12.8 Å². The Hall–Kier alpha value is -2.12. The standard InChI is InChI=1S/C15H20N4O3/c1-18-11-4-3-10(9-12(11)19(2)14(18)21)17-13(20)15(16)5-7-22-8-6-15/h3-4,9H,5-8,16H2,1-2H3,(H,17,20). The molecule has 0 unspecified atom stereocenters. The van der Waals surface area contributed by atoms with Gasteiger partial charge in [-0.05, 0) is 31.0 Å². The van der Waals surface area contributed by atoms with Crippen LogP contribution in [0, 0.1) is 0 Å². The predicted octanol–water partition coefficient (Wildman–Crippen LogP) is 0.323. The maximum atomic E-state index is 12.4. The summed E-state index contributed by atoms with van der Waals surface area (Å²) in [5.41, 5.74) is 7.40. The Labute approximate surface area is 127 Å². The van der Waals surface area contributed by atoms with E-state index < -0.39 is 5.54 Å². The Bertz CT molecular complexity index is 784. The van der Waals surface area contributed by atoms with Crippen molar-refractivity contribution in [1.82, 2.24) is 9.13 Å². The molecule has 1 fully saturated rings. The van der Waals surface area contributed by atoms with E-state index in [1.807, 2.05) is 6.07 Å². The number of nitrogens with two attached hydrogens (primary N) is 1. The summed E-state index contributed by atoms with van der Waals surface area (Å²) < 4.78 is 8.38. The smallest absolute Gasteiger partial charge is 0.328 e. The maximum Gasteiger partial charge on any atom is 0.328 e. The van der Waals surface area contributed by atoms with Gasteiger partial charge in [0.2, 0.25) is 5.91 Å². The van der Waals surface area contributed by atoms with Crippen molar-refractivity contribution in [1.29, 1.82) is 0 Å². The van der Waals surface area contributed by atoms with Crippen LogP contribution in [-0.2, 0) is 23.6 Å². The van der Waals surface area contributed by atoms with Gasteiger partial charge in [0.1, 0.15) is 5.54 Å². The number of hydrogen-bond donors (Lipinski definition) is 2. The molecule has 3 rings (SSSR count). The largest absolute Gasteiger partial charge is 0.381 e. The number of imidazole rings is 1. The second kappa shape index (κ2) is 5.26. The average molecular weight is 304 g/mol. The van der Waals surface area contributed by atoms with Gasteiger partial charge >= 0.3 is 5.69 Å². The molecule has 0 spiro atoms. The predicted molar refractivity (Wildman–Crippen MR) is 83.8 cm³/mol. The number of carbonyl (C=O) groups excluding carboxylic acids is 1. The molecular weight excluding hydrogens is 284 g/mol. The number of aromatic nitrogens is 2. The first-order valence-electron chi connectivity index (χ1n) is 7.26. The number of aryl methyl sites for hydroxylation is 2. The zero-order valence-corrected chi connectivity index (χ0v) is 12.8. The Balaban J connectivity index is 1.89. The summed E-state index contributed by atoms with van der Waals surface area (Å²) >= 11 is 0. The first-order valence-corrected chi connectivity index (χ1v) is 7.26. The number of ether oxygens (including phenoxy) is 1. The number of fused-ring (bicyclic) bond motifs is 1. The second-order valence-electron chi connectivity index (χ2n) is 5.83.